The second-order valence-electron chi connectivity index (χ2n) is 5.32. The molecule has 0 radical (unpaired) electrons. The summed E-state index contributed by atoms with van der Waals surface area (Å²) < 4.78 is 4.87. The van der Waals surface area contributed by atoms with Crippen LogP contribution in [0.15, 0.2) is 35.7 Å². The van der Waals surface area contributed by atoms with Gasteiger partial charge in [-0.15, -0.1) is 11.3 Å². The number of allylic oxidation sites excluding steroid dienone is 1. The first-order valence-electron chi connectivity index (χ1n) is 7.11. The lowest BCUT2D eigenvalue weighted by Crippen LogP contribution is -2.07. The van der Waals surface area contributed by atoms with Crippen LogP contribution in [0.1, 0.15) is 45.0 Å². The Kier molecular flexibility index (Phi) is 5.74. The van der Waals surface area contributed by atoms with E-state index in [9.17, 15) is 9.59 Å². The fourth-order valence-electron chi connectivity index (χ4n) is 2.32. The van der Waals surface area contributed by atoms with Gasteiger partial charge < -0.3 is 4.74 Å². The van der Waals surface area contributed by atoms with Gasteiger partial charge in [0.2, 0.25) is 0 Å². The van der Waals surface area contributed by atoms with E-state index in [4.69, 9.17) is 16.3 Å². The Labute approximate surface area is 144 Å². The SMILES string of the molecule is COC(=O)c1cc(Cl)ccc1/C(=C\C(C)C)c1ccsc1C=O. The highest BCUT2D eigenvalue weighted by Crippen LogP contribution is 2.33. The van der Waals surface area contributed by atoms with Crippen molar-refractivity contribution < 1.29 is 14.3 Å². The van der Waals surface area contributed by atoms with E-state index in [1.165, 1.54) is 18.4 Å². The maximum atomic E-state index is 12.1. The molecular weight excluding hydrogens is 332 g/mol. The molecule has 0 saturated carbocycles. The summed E-state index contributed by atoms with van der Waals surface area (Å²) in [5, 5.41) is 2.32. The molecule has 1 aromatic carbocycles. The predicted molar refractivity (Wildman–Crippen MR) is 94.4 cm³/mol. The van der Waals surface area contributed by atoms with Crippen LogP contribution >= 0.6 is 22.9 Å². The Morgan fingerprint density at radius 2 is 1.96 bits per heavy atom. The minimum atomic E-state index is -0.458. The Hall–Kier alpha value is -1.91. The van der Waals surface area contributed by atoms with Crippen molar-refractivity contribution >= 4 is 40.8 Å². The van der Waals surface area contributed by atoms with E-state index in [1.54, 1.807) is 18.2 Å². The molecule has 0 aliphatic heterocycles. The summed E-state index contributed by atoms with van der Waals surface area (Å²) in [7, 11) is 1.33. The highest BCUT2D eigenvalue weighted by atomic mass is 35.5. The van der Waals surface area contributed by atoms with Gasteiger partial charge in [-0.2, -0.15) is 0 Å². The lowest BCUT2D eigenvalue weighted by molar-refractivity contribution is 0.0600. The topological polar surface area (TPSA) is 43.4 Å². The zero-order valence-corrected chi connectivity index (χ0v) is 14.7. The molecule has 0 aliphatic rings. The van der Waals surface area contributed by atoms with Gasteiger partial charge in [0.15, 0.2) is 6.29 Å². The van der Waals surface area contributed by atoms with Gasteiger partial charge in [-0.05, 0) is 40.6 Å². The number of rotatable bonds is 5. The highest BCUT2D eigenvalue weighted by Gasteiger charge is 2.19. The third-order valence-corrected chi connectivity index (χ3v) is 4.35. The van der Waals surface area contributed by atoms with Gasteiger partial charge in [0.1, 0.15) is 0 Å². The van der Waals surface area contributed by atoms with Crippen LogP contribution in [-0.4, -0.2) is 19.4 Å². The van der Waals surface area contributed by atoms with E-state index in [2.05, 4.69) is 0 Å². The number of carbonyl (C=O) groups is 2. The van der Waals surface area contributed by atoms with Crippen LogP contribution < -0.4 is 0 Å². The summed E-state index contributed by atoms with van der Waals surface area (Å²) in [4.78, 5) is 24.1. The molecule has 0 saturated heterocycles. The summed E-state index contributed by atoms with van der Waals surface area (Å²) in [6.07, 6.45) is 2.87. The van der Waals surface area contributed by atoms with Crippen molar-refractivity contribution in [3.8, 4) is 0 Å². The number of halogens is 1. The molecule has 1 aromatic heterocycles. The normalized spacial score (nSPS) is 11.6. The Balaban J connectivity index is 2.71. The molecule has 0 amide bonds. The minimum Gasteiger partial charge on any atom is -0.465 e. The number of hydrogen-bond donors (Lipinski definition) is 0. The first-order valence-corrected chi connectivity index (χ1v) is 8.36. The van der Waals surface area contributed by atoms with Gasteiger partial charge in [-0.1, -0.05) is 37.6 Å². The summed E-state index contributed by atoms with van der Waals surface area (Å²) in [6, 6.07) is 6.99. The van der Waals surface area contributed by atoms with Crippen molar-refractivity contribution in [1.29, 1.82) is 0 Å². The number of benzene rings is 1. The number of thiophene rings is 1. The standard InChI is InChI=1S/C18H17ClO3S/c1-11(2)8-15(14-6-7-23-17(14)10-20)13-5-4-12(19)9-16(13)18(21)22-3/h4-11H,1-3H3/b15-8+. The molecule has 0 atom stereocenters. The van der Waals surface area contributed by atoms with E-state index < -0.39 is 5.97 Å². The first-order chi connectivity index (χ1) is 11.0. The van der Waals surface area contributed by atoms with Crippen molar-refractivity contribution in [3.05, 3.63) is 62.3 Å². The van der Waals surface area contributed by atoms with Gasteiger partial charge in [-0.25, -0.2) is 4.79 Å². The lowest BCUT2D eigenvalue weighted by Gasteiger charge is -2.14. The lowest BCUT2D eigenvalue weighted by atomic mass is 9.91. The van der Waals surface area contributed by atoms with Crippen LogP contribution in [0.4, 0.5) is 0 Å². The molecule has 0 bridgehead atoms. The molecule has 2 rings (SSSR count). The van der Waals surface area contributed by atoms with Crippen LogP contribution in [0.2, 0.25) is 5.02 Å². The van der Waals surface area contributed by atoms with Crippen LogP contribution in [0.25, 0.3) is 5.57 Å². The predicted octanol–water partition coefficient (Wildman–Crippen LogP) is 5.09. The monoisotopic (exact) mass is 348 g/mol. The Bertz CT molecular complexity index is 759. The molecule has 0 N–H and O–H groups in total. The van der Waals surface area contributed by atoms with Crippen LogP contribution in [0, 0.1) is 5.92 Å². The Morgan fingerprint density at radius 1 is 1.22 bits per heavy atom. The molecule has 0 fully saturated rings. The summed E-state index contributed by atoms with van der Waals surface area (Å²) in [5.74, 6) is -0.217. The fourth-order valence-corrected chi connectivity index (χ4v) is 3.21. The van der Waals surface area contributed by atoms with Gasteiger partial charge in [0.25, 0.3) is 0 Å². The van der Waals surface area contributed by atoms with Crippen molar-refractivity contribution in [1.82, 2.24) is 0 Å². The van der Waals surface area contributed by atoms with Crippen molar-refractivity contribution in [2.75, 3.05) is 7.11 Å². The molecule has 23 heavy (non-hydrogen) atoms. The maximum Gasteiger partial charge on any atom is 0.338 e. The third kappa shape index (κ3) is 3.89. The van der Waals surface area contributed by atoms with E-state index in [1.807, 2.05) is 31.4 Å². The zero-order chi connectivity index (χ0) is 17.0. The second-order valence-corrected chi connectivity index (χ2v) is 6.71. The number of ether oxygens (including phenoxy) is 1. The molecular formula is C18H17ClO3S. The van der Waals surface area contributed by atoms with Crippen LogP contribution in [-0.2, 0) is 4.74 Å². The molecule has 5 heteroatoms. The van der Waals surface area contributed by atoms with E-state index in [-0.39, 0.29) is 5.92 Å². The van der Waals surface area contributed by atoms with Crippen molar-refractivity contribution in [2.45, 2.75) is 13.8 Å². The molecule has 0 unspecified atom stereocenters. The largest absolute Gasteiger partial charge is 0.465 e. The summed E-state index contributed by atoms with van der Waals surface area (Å²) >= 11 is 7.40. The van der Waals surface area contributed by atoms with Crippen LogP contribution in [0.5, 0.6) is 0 Å². The number of esters is 1. The molecule has 120 valence electrons. The average Bonchev–Trinajstić information content (AvgIpc) is 3.00. The molecule has 3 nitrogen and oxygen atoms in total. The molecule has 1 heterocycles. The van der Waals surface area contributed by atoms with E-state index in [0.717, 1.165) is 17.4 Å². The van der Waals surface area contributed by atoms with Gasteiger partial charge >= 0.3 is 5.97 Å². The van der Waals surface area contributed by atoms with E-state index >= 15 is 0 Å². The highest BCUT2D eigenvalue weighted by molar-refractivity contribution is 7.12. The second kappa shape index (κ2) is 7.57. The van der Waals surface area contributed by atoms with Gasteiger partial charge in [-0.3, -0.25) is 4.79 Å². The summed E-state index contributed by atoms with van der Waals surface area (Å²) in [6.45, 7) is 4.08. The molecule has 0 spiro atoms. The summed E-state index contributed by atoms with van der Waals surface area (Å²) in [5.41, 5.74) is 2.73. The zero-order valence-electron chi connectivity index (χ0n) is 13.1. The van der Waals surface area contributed by atoms with Gasteiger partial charge in [0.05, 0.1) is 17.6 Å². The van der Waals surface area contributed by atoms with Crippen LogP contribution in [0.3, 0.4) is 0 Å². The molecule has 2 aromatic rings. The first kappa shape index (κ1) is 17.4. The average molecular weight is 349 g/mol. The Morgan fingerprint density at radius 3 is 2.57 bits per heavy atom. The maximum absolute atomic E-state index is 12.1. The number of hydrogen-bond acceptors (Lipinski definition) is 4. The molecule has 0 aliphatic carbocycles. The van der Waals surface area contributed by atoms with Crippen molar-refractivity contribution in [2.24, 2.45) is 5.92 Å². The van der Waals surface area contributed by atoms with E-state index in [0.29, 0.717) is 21.0 Å². The number of carbonyl (C=O) groups excluding carboxylic acids is 2. The van der Waals surface area contributed by atoms with Crippen molar-refractivity contribution in [3.63, 3.8) is 0 Å². The third-order valence-electron chi connectivity index (χ3n) is 3.27. The van der Waals surface area contributed by atoms with Gasteiger partial charge in [0, 0.05) is 10.6 Å². The number of methoxy groups -OCH3 is 1. The quantitative estimate of drug-likeness (QED) is 0.558. The fraction of sp³-hybridized carbons (Fsp3) is 0.222. The smallest absolute Gasteiger partial charge is 0.338 e. The minimum absolute atomic E-state index is 0.241. The number of aldehydes is 1.